The number of rotatable bonds is 3. The van der Waals surface area contributed by atoms with Crippen molar-refractivity contribution in [3.63, 3.8) is 0 Å². The summed E-state index contributed by atoms with van der Waals surface area (Å²) in [6.07, 6.45) is 3.44. The van der Waals surface area contributed by atoms with E-state index in [0.717, 1.165) is 13.0 Å². The summed E-state index contributed by atoms with van der Waals surface area (Å²) in [6.45, 7) is 3.69. The van der Waals surface area contributed by atoms with Crippen LogP contribution in [0.25, 0.3) is 0 Å². The van der Waals surface area contributed by atoms with E-state index in [-0.39, 0.29) is 12.6 Å². The van der Waals surface area contributed by atoms with Crippen molar-refractivity contribution in [2.24, 2.45) is 0 Å². The molecule has 1 N–H and O–H groups in total. The third-order valence-corrected chi connectivity index (χ3v) is 2.87. The summed E-state index contributed by atoms with van der Waals surface area (Å²) in [7, 11) is 0. The Balaban J connectivity index is 1.97. The fraction of sp³-hybridized carbons (Fsp3) is 0.800. The van der Waals surface area contributed by atoms with Gasteiger partial charge in [-0.2, -0.15) is 4.98 Å². The minimum absolute atomic E-state index is 0.215. The summed E-state index contributed by atoms with van der Waals surface area (Å²) in [5.41, 5.74) is 0. The zero-order valence-electron chi connectivity index (χ0n) is 9.02. The van der Waals surface area contributed by atoms with Crippen molar-refractivity contribution in [3.8, 4) is 0 Å². The number of hydrogen-bond acceptors (Lipinski definition) is 5. The molecule has 1 saturated heterocycles. The molecule has 0 saturated carbocycles. The molecule has 0 amide bonds. The standard InChI is InChI=1S/C10H17N3O2/c1-8-11-10(15-12-8)6-13-5-3-2-4-9(13)7-14/h9,14H,2-7H2,1H3. The summed E-state index contributed by atoms with van der Waals surface area (Å²) in [4.78, 5) is 6.39. The van der Waals surface area contributed by atoms with Crippen molar-refractivity contribution in [2.75, 3.05) is 13.2 Å². The van der Waals surface area contributed by atoms with Crippen LogP contribution in [0.15, 0.2) is 4.52 Å². The Kier molecular flexibility index (Phi) is 3.33. The first-order chi connectivity index (χ1) is 7.29. The molecule has 1 fully saturated rings. The predicted molar refractivity (Wildman–Crippen MR) is 54.2 cm³/mol. The monoisotopic (exact) mass is 211 g/mol. The Labute approximate surface area is 89.1 Å². The highest BCUT2D eigenvalue weighted by molar-refractivity contribution is 4.86. The van der Waals surface area contributed by atoms with Gasteiger partial charge < -0.3 is 9.63 Å². The Hall–Kier alpha value is -0.940. The van der Waals surface area contributed by atoms with Gasteiger partial charge in [-0.1, -0.05) is 11.6 Å². The number of aliphatic hydroxyl groups excluding tert-OH is 1. The average molecular weight is 211 g/mol. The highest BCUT2D eigenvalue weighted by atomic mass is 16.5. The number of likely N-dealkylation sites (tertiary alicyclic amines) is 1. The lowest BCUT2D eigenvalue weighted by molar-refractivity contribution is 0.0749. The van der Waals surface area contributed by atoms with Gasteiger partial charge in [0.25, 0.3) is 0 Å². The van der Waals surface area contributed by atoms with Crippen LogP contribution in [-0.4, -0.2) is 39.3 Å². The molecular weight excluding hydrogens is 194 g/mol. The minimum atomic E-state index is 0.215. The molecule has 0 aromatic carbocycles. The molecule has 1 atom stereocenters. The lowest BCUT2D eigenvalue weighted by atomic mass is 10.0. The van der Waals surface area contributed by atoms with E-state index >= 15 is 0 Å². The average Bonchev–Trinajstić information content (AvgIpc) is 2.65. The summed E-state index contributed by atoms with van der Waals surface area (Å²) in [5, 5.41) is 13.0. The fourth-order valence-electron chi connectivity index (χ4n) is 2.05. The molecule has 5 nitrogen and oxygen atoms in total. The summed E-state index contributed by atoms with van der Waals surface area (Å²) in [6, 6.07) is 0.256. The van der Waals surface area contributed by atoms with Crippen LogP contribution >= 0.6 is 0 Å². The first-order valence-electron chi connectivity index (χ1n) is 5.43. The van der Waals surface area contributed by atoms with E-state index in [0.29, 0.717) is 18.3 Å². The molecule has 1 aromatic heterocycles. The zero-order chi connectivity index (χ0) is 10.7. The number of hydrogen-bond donors (Lipinski definition) is 1. The van der Waals surface area contributed by atoms with Gasteiger partial charge in [-0.25, -0.2) is 0 Å². The van der Waals surface area contributed by atoms with Gasteiger partial charge in [0, 0.05) is 6.04 Å². The van der Waals surface area contributed by atoms with Crippen molar-refractivity contribution >= 4 is 0 Å². The van der Waals surface area contributed by atoms with Gasteiger partial charge in [-0.05, 0) is 26.3 Å². The van der Waals surface area contributed by atoms with E-state index in [9.17, 15) is 5.11 Å². The number of nitrogens with zero attached hydrogens (tertiary/aromatic N) is 3. The largest absolute Gasteiger partial charge is 0.395 e. The Morgan fingerprint density at radius 1 is 1.53 bits per heavy atom. The minimum Gasteiger partial charge on any atom is -0.395 e. The summed E-state index contributed by atoms with van der Waals surface area (Å²) < 4.78 is 5.08. The van der Waals surface area contributed by atoms with Gasteiger partial charge in [0.2, 0.25) is 5.89 Å². The van der Waals surface area contributed by atoms with Crippen LogP contribution in [0.4, 0.5) is 0 Å². The molecule has 1 unspecified atom stereocenters. The molecular formula is C10H17N3O2. The Morgan fingerprint density at radius 2 is 2.40 bits per heavy atom. The molecule has 5 heteroatoms. The lowest BCUT2D eigenvalue weighted by Gasteiger charge is -2.33. The molecule has 15 heavy (non-hydrogen) atoms. The molecule has 2 rings (SSSR count). The topological polar surface area (TPSA) is 62.4 Å². The zero-order valence-corrected chi connectivity index (χ0v) is 9.02. The van der Waals surface area contributed by atoms with Crippen molar-refractivity contribution < 1.29 is 9.63 Å². The molecule has 84 valence electrons. The number of aryl methyl sites for hydroxylation is 1. The van der Waals surface area contributed by atoms with E-state index in [1.54, 1.807) is 0 Å². The third-order valence-electron chi connectivity index (χ3n) is 2.87. The second-order valence-corrected chi connectivity index (χ2v) is 4.04. The number of piperidine rings is 1. The van der Waals surface area contributed by atoms with Gasteiger partial charge in [0.15, 0.2) is 5.82 Å². The van der Waals surface area contributed by atoms with Crippen LogP contribution < -0.4 is 0 Å². The normalized spacial score (nSPS) is 23.2. The molecule has 1 aromatic rings. The van der Waals surface area contributed by atoms with Crippen LogP contribution in [0.1, 0.15) is 31.0 Å². The van der Waals surface area contributed by atoms with Gasteiger partial charge in [-0.15, -0.1) is 0 Å². The molecule has 0 spiro atoms. The summed E-state index contributed by atoms with van der Waals surface area (Å²) >= 11 is 0. The predicted octanol–water partition coefficient (Wildman–Crippen LogP) is 0.725. The fourth-order valence-corrected chi connectivity index (χ4v) is 2.05. The van der Waals surface area contributed by atoms with Gasteiger partial charge in [-0.3, -0.25) is 4.90 Å². The van der Waals surface area contributed by atoms with Gasteiger partial charge >= 0.3 is 0 Å². The van der Waals surface area contributed by atoms with E-state index in [1.165, 1.54) is 12.8 Å². The number of aliphatic hydroxyl groups is 1. The van der Waals surface area contributed by atoms with E-state index < -0.39 is 0 Å². The third kappa shape index (κ3) is 2.54. The Morgan fingerprint density at radius 3 is 3.07 bits per heavy atom. The van der Waals surface area contributed by atoms with Crippen LogP contribution in [-0.2, 0) is 6.54 Å². The maximum atomic E-state index is 9.24. The molecule has 0 aliphatic carbocycles. The van der Waals surface area contributed by atoms with Gasteiger partial charge in [0.05, 0.1) is 13.2 Å². The highest BCUT2D eigenvalue weighted by Crippen LogP contribution is 2.18. The molecule has 1 aliphatic rings. The lowest BCUT2D eigenvalue weighted by Crippen LogP contribution is -2.41. The molecule has 0 bridgehead atoms. The van der Waals surface area contributed by atoms with E-state index in [2.05, 4.69) is 15.0 Å². The SMILES string of the molecule is Cc1noc(CN2CCCCC2CO)n1. The first kappa shape index (κ1) is 10.6. The quantitative estimate of drug-likeness (QED) is 0.798. The highest BCUT2D eigenvalue weighted by Gasteiger charge is 2.23. The van der Waals surface area contributed by atoms with Gasteiger partial charge in [0.1, 0.15) is 0 Å². The van der Waals surface area contributed by atoms with Crippen LogP contribution in [0.5, 0.6) is 0 Å². The molecule has 0 radical (unpaired) electrons. The maximum Gasteiger partial charge on any atom is 0.240 e. The summed E-state index contributed by atoms with van der Waals surface area (Å²) in [5.74, 6) is 1.32. The van der Waals surface area contributed by atoms with Crippen LogP contribution in [0.2, 0.25) is 0 Å². The Bertz CT molecular complexity index is 313. The molecule has 2 heterocycles. The molecule has 1 aliphatic heterocycles. The van der Waals surface area contributed by atoms with Crippen molar-refractivity contribution in [3.05, 3.63) is 11.7 Å². The van der Waals surface area contributed by atoms with Crippen molar-refractivity contribution in [2.45, 2.75) is 38.8 Å². The second-order valence-electron chi connectivity index (χ2n) is 4.04. The number of aromatic nitrogens is 2. The van der Waals surface area contributed by atoms with Crippen LogP contribution in [0, 0.1) is 6.92 Å². The second kappa shape index (κ2) is 4.72. The van der Waals surface area contributed by atoms with Crippen molar-refractivity contribution in [1.29, 1.82) is 0 Å². The maximum absolute atomic E-state index is 9.24. The first-order valence-corrected chi connectivity index (χ1v) is 5.43. The van der Waals surface area contributed by atoms with Crippen LogP contribution in [0.3, 0.4) is 0 Å². The van der Waals surface area contributed by atoms with E-state index in [1.807, 2.05) is 6.92 Å². The smallest absolute Gasteiger partial charge is 0.240 e. The van der Waals surface area contributed by atoms with E-state index in [4.69, 9.17) is 4.52 Å². The van der Waals surface area contributed by atoms with Crippen molar-refractivity contribution in [1.82, 2.24) is 15.0 Å².